The van der Waals surface area contributed by atoms with Gasteiger partial charge in [-0.05, 0) is 18.1 Å². The second kappa shape index (κ2) is 4.70. The molecule has 3 heterocycles. The molecule has 3 rings (SSSR count). The zero-order valence-electron chi connectivity index (χ0n) is 10.2. The summed E-state index contributed by atoms with van der Waals surface area (Å²) >= 11 is 5.94. The Labute approximate surface area is 110 Å². The zero-order chi connectivity index (χ0) is 12.5. The number of imidazole rings is 1. The van der Waals surface area contributed by atoms with Gasteiger partial charge in [-0.15, -0.1) is 0 Å². The van der Waals surface area contributed by atoms with Crippen LogP contribution in [0.3, 0.4) is 0 Å². The van der Waals surface area contributed by atoms with E-state index in [0.29, 0.717) is 5.65 Å². The van der Waals surface area contributed by atoms with Gasteiger partial charge in [0.2, 0.25) is 5.28 Å². The maximum Gasteiger partial charge on any atom is 0.226 e. The Morgan fingerprint density at radius 2 is 2.06 bits per heavy atom. The van der Waals surface area contributed by atoms with Crippen molar-refractivity contribution in [2.24, 2.45) is 0 Å². The summed E-state index contributed by atoms with van der Waals surface area (Å²) in [5.41, 5.74) is 1.49. The fourth-order valence-electron chi connectivity index (χ4n) is 2.30. The minimum absolute atomic E-state index is 0.252. The molecule has 7 heteroatoms. The van der Waals surface area contributed by atoms with Gasteiger partial charge in [-0.25, -0.2) is 4.98 Å². The lowest BCUT2D eigenvalue weighted by Gasteiger charge is -2.34. The van der Waals surface area contributed by atoms with Crippen molar-refractivity contribution in [2.75, 3.05) is 37.6 Å². The van der Waals surface area contributed by atoms with Crippen LogP contribution in [0.1, 0.15) is 6.92 Å². The quantitative estimate of drug-likeness (QED) is 0.827. The number of hydrogen-bond donors (Lipinski definition) is 1. The molecular weight excluding hydrogens is 252 g/mol. The molecule has 0 saturated carbocycles. The van der Waals surface area contributed by atoms with E-state index in [-0.39, 0.29) is 5.28 Å². The summed E-state index contributed by atoms with van der Waals surface area (Å²) < 4.78 is 0. The van der Waals surface area contributed by atoms with Crippen LogP contribution in [0, 0.1) is 0 Å². The molecule has 1 N–H and O–H groups in total. The summed E-state index contributed by atoms with van der Waals surface area (Å²) in [5.74, 6) is 0.859. The second-order valence-electron chi connectivity index (χ2n) is 4.34. The fourth-order valence-corrected chi connectivity index (χ4v) is 2.46. The van der Waals surface area contributed by atoms with Gasteiger partial charge in [-0.2, -0.15) is 9.97 Å². The molecule has 1 fully saturated rings. The van der Waals surface area contributed by atoms with E-state index < -0.39 is 0 Å². The topological polar surface area (TPSA) is 60.9 Å². The van der Waals surface area contributed by atoms with Crippen LogP contribution in [-0.2, 0) is 0 Å². The molecule has 0 unspecified atom stereocenters. The van der Waals surface area contributed by atoms with Crippen molar-refractivity contribution in [2.45, 2.75) is 6.92 Å². The van der Waals surface area contributed by atoms with Crippen LogP contribution in [-0.4, -0.2) is 57.6 Å². The number of fused-ring (bicyclic) bond motifs is 1. The smallest absolute Gasteiger partial charge is 0.226 e. The maximum absolute atomic E-state index is 5.94. The molecule has 0 bridgehead atoms. The number of anilines is 1. The van der Waals surface area contributed by atoms with Gasteiger partial charge >= 0.3 is 0 Å². The largest absolute Gasteiger partial charge is 0.352 e. The number of likely N-dealkylation sites (N-methyl/N-ethyl adjacent to an activating group) is 1. The van der Waals surface area contributed by atoms with Gasteiger partial charge < -0.3 is 14.8 Å². The van der Waals surface area contributed by atoms with Gasteiger partial charge in [0, 0.05) is 26.2 Å². The first-order chi connectivity index (χ1) is 8.78. The van der Waals surface area contributed by atoms with E-state index in [9.17, 15) is 0 Å². The first-order valence-electron chi connectivity index (χ1n) is 6.12. The van der Waals surface area contributed by atoms with E-state index in [4.69, 9.17) is 11.6 Å². The molecule has 0 spiro atoms. The lowest BCUT2D eigenvalue weighted by atomic mass is 10.3. The predicted molar refractivity (Wildman–Crippen MR) is 71.0 cm³/mol. The molecule has 0 radical (unpaired) electrons. The number of rotatable bonds is 2. The van der Waals surface area contributed by atoms with Crippen LogP contribution in [0.15, 0.2) is 6.33 Å². The van der Waals surface area contributed by atoms with Gasteiger partial charge in [0.25, 0.3) is 0 Å². The number of piperazine rings is 1. The third kappa shape index (κ3) is 2.02. The van der Waals surface area contributed by atoms with Crippen LogP contribution < -0.4 is 4.90 Å². The van der Waals surface area contributed by atoms with Crippen molar-refractivity contribution in [1.29, 1.82) is 0 Å². The maximum atomic E-state index is 5.94. The molecule has 0 atom stereocenters. The van der Waals surface area contributed by atoms with Gasteiger partial charge in [-0.3, -0.25) is 0 Å². The molecule has 0 aromatic carbocycles. The van der Waals surface area contributed by atoms with Gasteiger partial charge in [-0.1, -0.05) is 6.92 Å². The average molecular weight is 267 g/mol. The average Bonchev–Trinajstić information content (AvgIpc) is 2.86. The fraction of sp³-hybridized carbons (Fsp3) is 0.545. The third-order valence-corrected chi connectivity index (χ3v) is 3.53. The highest BCUT2D eigenvalue weighted by atomic mass is 35.5. The normalized spacial score (nSPS) is 17.6. The molecule has 96 valence electrons. The Morgan fingerprint density at radius 1 is 1.28 bits per heavy atom. The summed E-state index contributed by atoms with van der Waals surface area (Å²) in [6.07, 6.45) is 1.63. The van der Waals surface area contributed by atoms with Crippen molar-refractivity contribution in [1.82, 2.24) is 24.8 Å². The van der Waals surface area contributed by atoms with Crippen molar-refractivity contribution >= 4 is 28.6 Å². The molecule has 2 aromatic rings. The lowest BCUT2D eigenvalue weighted by molar-refractivity contribution is 0.270. The molecule has 0 aliphatic carbocycles. The highest BCUT2D eigenvalue weighted by Gasteiger charge is 2.20. The molecule has 2 aromatic heterocycles. The van der Waals surface area contributed by atoms with E-state index in [1.165, 1.54) is 0 Å². The van der Waals surface area contributed by atoms with Crippen LogP contribution in [0.2, 0.25) is 5.28 Å². The van der Waals surface area contributed by atoms with Crippen molar-refractivity contribution in [3.63, 3.8) is 0 Å². The molecule has 0 amide bonds. The Hall–Kier alpha value is -1.40. The van der Waals surface area contributed by atoms with Crippen LogP contribution in [0.5, 0.6) is 0 Å². The van der Waals surface area contributed by atoms with E-state index in [0.717, 1.165) is 44.1 Å². The van der Waals surface area contributed by atoms with Gasteiger partial charge in [0.15, 0.2) is 11.5 Å². The molecule has 6 nitrogen and oxygen atoms in total. The number of aromatic amines is 1. The highest BCUT2D eigenvalue weighted by Crippen LogP contribution is 2.23. The number of nitrogens with zero attached hydrogens (tertiary/aromatic N) is 5. The number of nitrogens with one attached hydrogen (secondary N) is 1. The van der Waals surface area contributed by atoms with Gasteiger partial charge in [0.1, 0.15) is 5.52 Å². The first kappa shape index (κ1) is 11.7. The minimum atomic E-state index is 0.252. The summed E-state index contributed by atoms with van der Waals surface area (Å²) in [6.45, 7) is 7.29. The standard InChI is InChI=1S/C11H15ClN6/c1-2-17-3-5-18(6-4-17)10-8-9(14-7-13-8)15-11(12)16-10/h7H,2-6H2,1H3,(H,13,14,15,16). The van der Waals surface area contributed by atoms with Gasteiger partial charge in [0.05, 0.1) is 6.33 Å². The van der Waals surface area contributed by atoms with Crippen molar-refractivity contribution in [3.05, 3.63) is 11.6 Å². The lowest BCUT2D eigenvalue weighted by Crippen LogP contribution is -2.46. The minimum Gasteiger partial charge on any atom is -0.352 e. The monoisotopic (exact) mass is 266 g/mol. The van der Waals surface area contributed by atoms with Crippen molar-refractivity contribution < 1.29 is 0 Å². The Morgan fingerprint density at radius 3 is 2.78 bits per heavy atom. The number of hydrogen-bond acceptors (Lipinski definition) is 5. The number of aromatic nitrogens is 4. The molecule has 18 heavy (non-hydrogen) atoms. The molecule has 1 saturated heterocycles. The molecule has 1 aliphatic rings. The summed E-state index contributed by atoms with van der Waals surface area (Å²) in [5, 5.41) is 0.252. The highest BCUT2D eigenvalue weighted by molar-refractivity contribution is 6.28. The van der Waals surface area contributed by atoms with E-state index in [2.05, 4.69) is 36.7 Å². The second-order valence-corrected chi connectivity index (χ2v) is 4.68. The van der Waals surface area contributed by atoms with Crippen LogP contribution in [0.25, 0.3) is 11.2 Å². The van der Waals surface area contributed by atoms with E-state index >= 15 is 0 Å². The Bertz CT molecular complexity index is 545. The number of H-pyrrole nitrogens is 1. The first-order valence-corrected chi connectivity index (χ1v) is 6.49. The van der Waals surface area contributed by atoms with Crippen LogP contribution in [0.4, 0.5) is 5.82 Å². The number of halogens is 1. The predicted octanol–water partition coefficient (Wildman–Crippen LogP) is 1.15. The molecular formula is C11H15ClN6. The van der Waals surface area contributed by atoms with E-state index in [1.54, 1.807) is 6.33 Å². The summed E-state index contributed by atoms with van der Waals surface area (Å²) in [7, 11) is 0. The van der Waals surface area contributed by atoms with Crippen molar-refractivity contribution in [3.8, 4) is 0 Å². The van der Waals surface area contributed by atoms with E-state index in [1.807, 2.05) is 0 Å². The Kier molecular flexibility index (Phi) is 3.05. The van der Waals surface area contributed by atoms with Crippen LogP contribution >= 0.6 is 11.6 Å². The molecule has 1 aliphatic heterocycles. The Balaban J connectivity index is 1.92. The zero-order valence-corrected chi connectivity index (χ0v) is 11.0. The summed E-state index contributed by atoms with van der Waals surface area (Å²) in [6, 6.07) is 0. The third-order valence-electron chi connectivity index (χ3n) is 3.36. The summed E-state index contributed by atoms with van der Waals surface area (Å²) in [4.78, 5) is 20.3. The SMILES string of the molecule is CCN1CCN(c2nc(Cl)nc3nc[nH]c23)CC1.